The molecule has 0 aromatic carbocycles. The third-order valence-corrected chi connectivity index (χ3v) is 14.9. The molecule has 2 atom stereocenters. The molecule has 0 saturated heterocycles. The summed E-state index contributed by atoms with van der Waals surface area (Å²) >= 11 is 0. The van der Waals surface area contributed by atoms with Gasteiger partial charge in [0.1, 0.15) is 0 Å². The van der Waals surface area contributed by atoms with E-state index in [-0.39, 0.29) is 0 Å². The highest BCUT2D eigenvalue weighted by Gasteiger charge is 2.41. The molecule has 0 aromatic heterocycles. The van der Waals surface area contributed by atoms with Gasteiger partial charge in [0.15, 0.2) is 0 Å². The molecule has 11 heteroatoms. The van der Waals surface area contributed by atoms with Crippen molar-refractivity contribution < 1.29 is 26.6 Å². The van der Waals surface area contributed by atoms with Crippen LogP contribution in [0.2, 0.25) is 12.1 Å². The zero-order valence-corrected chi connectivity index (χ0v) is 19.7. The maximum absolute atomic E-state index is 5.46. The van der Waals surface area contributed by atoms with Gasteiger partial charge in [-0.1, -0.05) is 35.4 Å². The Hall–Kier alpha value is 1.24. The molecule has 0 amide bonds. The fourth-order valence-electron chi connectivity index (χ4n) is 1.93. The van der Waals surface area contributed by atoms with Gasteiger partial charge in [-0.2, -0.15) is 0 Å². The molecule has 0 fully saturated rings. The van der Waals surface area contributed by atoms with Crippen LogP contribution in [-0.2, 0) is 26.6 Å². The first-order valence-electron chi connectivity index (χ1n) is 7.16. The zero-order chi connectivity index (χ0) is 17.9. The van der Waals surface area contributed by atoms with Crippen molar-refractivity contribution in [2.75, 3.05) is 42.7 Å². The van der Waals surface area contributed by atoms with E-state index in [4.69, 9.17) is 26.6 Å². The predicted molar refractivity (Wildman–Crippen MR) is 105 cm³/mol. The third-order valence-electron chi connectivity index (χ3n) is 3.35. The van der Waals surface area contributed by atoms with Gasteiger partial charge in [-0.15, -0.1) is 0 Å². The fraction of sp³-hybridized carbons (Fsp3) is 1.00. The Bertz CT molecular complexity index is 264. The van der Waals surface area contributed by atoms with Crippen molar-refractivity contribution in [3.8, 4) is 0 Å². The van der Waals surface area contributed by atoms with E-state index in [1.807, 2.05) is 0 Å². The molecule has 0 aliphatic carbocycles. The summed E-state index contributed by atoms with van der Waals surface area (Å²) in [7, 11) is 10.2. The first-order valence-corrected chi connectivity index (χ1v) is 14.6. The lowest BCUT2D eigenvalue weighted by Crippen LogP contribution is -2.44. The van der Waals surface area contributed by atoms with E-state index in [0.29, 0.717) is 10.5 Å². The van der Waals surface area contributed by atoms with Crippen molar-refractivity contribution >= 4 is 49.0 Å². The highest BCUT2D eigenvalue weighted by molar-refractivity contribution is 9.09. The maximum Gasteiger partial charge on any atom is 0.501 e. The smallest absolute Gasteiger partial charge is 0.377 e. The molecule has 0 aromatic rings. The van der Waals surface area contributed by atoms with E-state index in [2.05, 4.69) is 13.8 Å². The first kappa shape index (κ1) is 24.2. The second kappa shape index (κ2) is 12.6. The second-order valence-corrected chi connectivity index (χ2v) is 15.8. The van der Waals surface area contributed by atoms with Crippen molar-refractivity contribution in [3.05, 3.63) is 0 Å². The minimum absolute atomic E-state index is 0.362. The summed E-state index contributed by atoms with van der Waals surface area (Å²) in [6, 6.07) is 1.55. The van der Waals surface area contributed by atoms with Crippen molar-refractivity contribution in [2.24, 2.45) is 0 Å². The van der Waals surface area contributed by atoms with Gasteiger partial charge in [0.25, 0.3) is 0 Å². The summed E-state index contributed by atoms with van der Waals surface area (Å²) in [6.07, 6.45) is 0. The molecule has 0 bridgehead atoms. The molecule has 140 valence electrons. The van der Waals surface area contributed by atoms with Gasteiger partial charge in [-0.05, 0) is 9.83 Å². The van der Waals surface area contributed by atoms with Crippen molar-refractivity contribution in [2.45, 2.75) is 36.4 Å². The minimum Gasteiger partial charge on any atom is -0.377 e. The molecule has 6 nitrogen and oxygen atoms in total. The van der Waals surface area contributed by atoms with Gasteiger partial charge in [0.2, 0.25) is 0 Å². The van der Waals surface area contributed by atoms with Crippen LogP contribution in [-0.4, -0.2) is 70.8 Å². The molecule has 0 heterocycles. The number of hydrogen-bond donors (Lipinski definition) is 0. The Morgan fingerprint density at radius 2 is 0.870 bits per heavy atom. The predicted octanol–water partition coefficient (Wildman–Crippen LogP) is 3.55. The quantitative estimate of drug-likeness (QED) is 0.309. The van der Waals surface area contributed by atoms with Crippen LogP contribution in [0, 0.1) is 0 Å². The van der Waals surface area contributed by atoms with E-state index in [1.165, 1.54) is 0 Å². The van der Waals surface area contributed by atoms with Crippen LogP contribution in [0.5, 0.6) is 0 Å². The Kier molecular flexibility index (Phi) is 13.3. The number of rotatable bonds is 14. The average Bonchev–Trinajstić information content (AvgIpc) is 2.58. The molecule has 0 spiro atoms. The highest BCUT2D eigenvalue weighted by Crippen LogP contribution is 2.44. The van der Waals surface area contributed by atoms with E-state index >= 15 is 0 Å². The molecule has 0 rings (SSSR count). The molecule has 0 N–H and O–H groups in total. The fourth-order valence-corrected chi connectivity index (χ4v) is 12.4. The minimum atomic E-state index is -2.51. The monoisotopic (exact) mass is 422 g/mol. The lowest BCUT2D eigenvalue weighted by Gasteiger charge is -2.27. The molecule has 0 aliphatic heterocycles. The summed E-state index contributed by atoms with van der Waals surface area (Å²) in [6.45, 7) is 4.31. The van der Waals surface area contributed by atoms with Crippen LogP contribution in [0.1, 0.15) is 13.8 Å². The Labute approximate surface area is 154 Å². The van der Waals surface area contributed by atoms with Gasteiger partial charge in [0, 0.05) is 65.2 Å². The van der Waals surface area contributed by atoms with Gasteiger partial charge in [-0.25, -0.2) is 0 Å². The standard InChI is InChI=1S/C12H30O6S3Si2/c1-11(9-22(13-3,14-4)15-5)19-21-20-12(2)10-23(16-6,17-7)18-8/h11-12H,9-10H2,1-8H3. The molecule has 0 aliphatic rings. The largest absolute Gasteiger partial charge is 0.501 e. The lowest BCUT2D eigenvalue weighted by molar-refractivity contribution is 0.123. The van der Waals surface area contributed by atoms with Crippen LogP contribution in [0.25, 0.3) is 0 Å². The van der Waals surface area contributed by atoms with Gasteiger partial charge < -0.3 is 26.6 Å². The van der Waals surface area contributed by atoms with Crippen molar-refractivity contribution in [1.29, 1.82) is 0 Å². The summed E-state index contributed by atoms with van der Waals surface area (Å²) in [5, 5.41) is 0.723. The summed E-state index contributed by atoms with van der Waals surface area (Å²) in [4.78, 5) is 0. The maximum atomic E-state index is 5.46. The van der Waals surface area contributed by atoms with Crippen molar-refractivity contribution in [3.63, 3.8) is 0 Å². The highest BCUT2D eigenvalue weighted by atomic mass is 33.5. The van der Waals surface area contributed by atoms with E-state index < -0.39 is 17.6 Å². The molecule has 23 heavy (non-hydrogen) atoms. The van der Waals surface area contributed by atoms with Crippen LogP contribution >= 0.6 is 31.4 Å². The van der Waals surface area contributed by atoms with E-state index in [0.717, 1.165) is 12.1 Å². The molecule has 0 saturated carbocycles. The van der Waals surface area contributed by atoms with E-state index in [9.17, 15) is 0 Å². The van der Waals surface area contributed by atoms with Crippen LogP contribution in [0.4, 0.5) is 0 Å². The summed E-state index contributed by atoms with van der Waals surface area (Å²) in [5.41, 5.74) is 0. The molecular formula is C12H30O6S3Si2. The second-order valence-electron chi connectivity index (χ2n) is 4.88. The van der Waals surface area contributed by atoms with E-state index in [1.54, 1.807) is 74.1 Å². The Balaban J connectivity index is 4.23. The average molecular weight is 423 g/mol. The van der Waals surface area contributed by atoms with Crippen LogP contribution in [0.3, 0.4) is 0 Å². The molecular weight excluding hydrogens is 392 g/mol. The topological polar surface area (TPSA) is 55.4 Å². The van der Waals surface area contributed by atoms with Crippen LogP contribution in [0.15, 0.2) is 0 Å². The van der Waals surface area contributed by atoms with Gasteiger partial charge in [-0.3, -0.25) is 0 Å². The Morgan fingerprint density at radius 1 is 0.609 bits per heavy atom. The zero-order valence-electron chi connectivity index (χ0n) is 15.2. The SMILES string of the molecule is CO[Si](CC(C)SSSC(C)C[Si](OC)(OC)OC)(OC)OC. The lowest BCUT2D eigenvalue weighted by atomic mass is 10.6. The third kappa shape index (κ3) is 8.45. The normalized spacial score (nSPS) is 15.7. The van der Waals surface area contributed by atoms with Gasteiger partial charge in [0.05, 0.1) is 0 Å². The first-order chi connectivity index (χ1) is 10.9. The number of hydrogen-bond acceptors (Lipinski definition) is 9. The van der Waals surface area contributed by atoms with Crippen LogP contribution < -0.4 is 0 Å². The summed E-state index contributed by atoms with van der Waals surface area (Å²) in [5.74, 6) is 0. The molecule has 2 unspecified atom stereocenters. The van der Waals surface area contributed by atoms with Gasteiger partial charge >= 0.3 is 17.6 Å². The Morgan fingerprint density at radius 3 is 1.09 bits per heavy atom. The van der Waals surface area contributed by atoms with Crippen molar-refractivity contribution in [1.82, 2.24) is 0 Å². The summed E-state index contributed by atoms with van der Waals surface area (Å²) < 4.78 is 32.8. The molecule has 0 radical (unpaired) electrons.